The summed E-state index contributed by atoms with van der Waals surface area (Å²) in [7, 11) is 0. The molecule has 0 rings (SSSR count). The van der Waals surface area contributed by atoms with Crippen molar-refractivity contribution in [2.24, 2.45) is 11.8 Å². The smallest absolute Gasteiger partial charge is 0.00211 e. The van der Waals surface area contributed by atoms with Gasteiger partial charge in [-0.3, -0.25) is 0 Å². The van der Waals surface area contributed by atoms with Crippen molar-refractivity contribution in [2.45, 2.75) is 33.6 Å². The molecule has 66 valence electrons. The van der Waals surface area contributed by atoms with Gasteiger partial charge in [0.2, 0.25) is 0 Å². The third kappa shape index (κ3) is 8.38. The van der Waals surface area contributed by atoms with Gasteiger partial charge in [0.05, 0.1) is 0 Å². The molecule has 1 heteroatoms. The number of hydrogen-bond donors (Lipinski definition) is 0. The number of alkyl halides is 1. The summed E-state index contributed by atoms with van der Waals surface area (Å²) in [6.45, 7) is 6.76. The van der Waals surface area contributed by atoms with Crippen molar-refractivity contribution >= 4 is 22.6 Å². The van der Waals surface area contributed by atoms with E-state index in [9.17, 15) is 0 Å². The molecule has 0 fully saturated rings. The van der Waals surface area contributed by atoms with E-state index in [1.807, 2.05) is 0 Å². The summed E-state index contributed by atoms with van der Waals surface area (Å²) in [5.41, 5.74) is 0. The third-order valence-electron chi connectivity index (χ3n) is 1.61. The van der Waals surface area contributed by atoms with E-state index in [-0.39, 0.29) is 0 Å². The molecule has 0 bridgehead atoms. The van der Waals surface area contributed by atoms with E-state index in [4.69, 9.17) is 0 Å². The Morgan fingerprint density at radius 1 is 1.27 bits per heavy atom. The van der Waals surface area contributed by atoms with Gasteiger partial charge in [-0.1, -0.05) is 55.5 Å². The molecule has 0 spiro atoms. The second-order valence-electron chi connectivity index (χ2n) is 3.51. The summed E-state index contributed by atoms with van der Waals surface area (Å²) in [5, 5.41) is 0. The Morgan fingerprint density at radius 3 is 2.36 bits per heavy atom. The summed E-state index contributed by atoms with van der Waals surface area (Å²) < 4.78 is 1.28. The molecule has 0 aliphatic carbocycles. The van der Waals surface area contributed by atoms with Crippen LogP contribution in [0.1, 0.15) is 33.6 Å². The van der Waals surface area contributed by atoms with Gasteiger partial charge in [-0.2, -0.15) is 0 Å². The van der Waals surface area contributed by atoms with Crippen LogP contribution in [0.15, 0.2) is 12.2 Å². The largest absolute Gasteiger partial charge is 0.0883 e. The number of rotatable bonds is 5. The first kappa shape index (κ1) is 11.5. The average molecular weight is 266 g/mol. The summed E-state index contributed by atoms with van der Waals surface area (Å²) >= 11 is 2.45. The highest BCUT2D eigenvalue weighted by Gasteiger charge is 1.95. The summed E-state index contributed by atoms with van der Waals surface area (Å²) in [4.78, 5) is 0. The van der Waals surface area contributed by atoms with Crippen LogP contribution in [0, 0.1) is 11.8 Å². The lowest BCUT2D eigenvalue weighted by atomic mass is 10.1. The highest BCUT2D eigenvalue weighted by atomic mass is 127. The quantitative estimate of drug-likeness (QED) is 0.400. The Labute approximate surface area is 84.6 Å². The molecule has 0 aromatic carbocycles. The van der Waals surface area contributed by atoms with E-state index < -0.39 is 0 Å². The van der Waals surface area contributed by atoms with Crippen molar-refractivity contribution in [1.82, 2.24) is 0 Å². The first-order valence-corrected chi connectivity index (χ1v) is 5.92. The number of hydrogen-bond acceptors (Lipinski definition) is 0. The predicted molar refractivity (Wildman–Crippen MR) is 61.3 cm³/mol. The SMILES string of the molecule is CC(C)/C=C/CCC(C)CI. The molecule has 0 N–H and O–H groups in total. The maximum atomic E-state index is 2.45. The van der Waals surface area contributed by atoms with Crippen LogP contribution in [-0.2, 0) is 0 Å². The molecular weight excluding hydrogens is 247 g/mol. The van der Waals surface area contributed by atoms with Crippen LogP contribution in [0.25, 0.3) is 0 Å². The van der Waals surface area contributed by atoms with Crippen molar-refractivity contribution in [2.75, 3.05) is 4.43 Å². The molecule has 1 atom stereocenters. The lowest BCUT2D eigenvalue weighted by Crippen LogP contribution is -1.93. The van der Waals surface area contributed by atoms with E-state index in [0.717, 1.165) is 5.92 Å². The predicted octanol–water partition coefficient (Wildman–Crippen LogP) is 4.05. The number of halogens is 1. The standard InChI is InChI=1S/C10H19I/c1-9(2)6-4-5-7-10(3)8-11/h4,6,9-10H,5,7-8H2,1-3H3/b6-4+. The van der Waals surface area contributed by atoms with Gasteiger partial charge in [0, 0.05) is 4.43 Å². The fourth-order valence-electron chi connectivity index (χ4n) is 0.826. The molecule has 0 amide bonds. The van der Waals surface area contributed by atoms with Crippen LogP contribution in [0.2, 0.25) is 0 Å². The van der Waals surface area contributed by atoms with Crippen LogP contribution in [-0.4, -0.2) is 4.43 Å². The van der Waals surface area contributed by atoms with Gasteiger partial charge in [-0.25, -0.2) is 0 Å². The molecule has 0 aliphatic heterocycles. The zero-order valence-corrected chi connectivity index (χ0v) is 9.97. The van der Waals surface area contributed by atoms with Gasteiger partial charge >= 0.3 is 0 Å². The van der Waals surface area contributed by atoms with Crippen molar-refractivity contribution in [1.29, 1.82) is 0 Å². The van der Waals surface area contributed by atoms with E-state index in [2.05, 4.69) is 55.5 Å². The fourth-order valence-corrected chi connectivity index (χ4v) is 1.27. The Bertz CT molecular complexity index is 105. The normalized spacial score (nSPS) is 14.6. The molecule has 0 saturated heterocycles. The van der Waals surface area contributed by atoms with Gasteiger partial charge in [0.1, 0.15) is 0 Å². The molecule has 0 aromatic heterocycles. The highest BCUT2D eigenvalue weighted by molar-refractivity contribution is 14.1. The lowest BCUT2D eigenvalue weighted by molar-refractivity contribution is 0.610. The minimum atomic E-state index is 0.713. The maximum Gasteiger partial charge on any atom is 0.00211 e. The Balaban J connectivity index is 3.26. The van der Waals surface area contributed by atoms with Crippen molar-refractivity contribution in [3.05, 3.63) is 12.2 Å². The second kappa shape index (κ2) is 7.14. The van der Waals surface area contributed by atoms with E-state index in [1.54, 1.807) is 0 Å². The molecule has 0 heterocycles. The van der Waals surface area contributed by atoms with Gasteiger partial charge < -0.3 is 0 Å². The average Bonchev–Trinajstić information content (AvgIpc) is 1.97. The molecule has 1 unspecified atom stereocenters. The van der Waals surface area contributed by atoms with Gasteiger partial charge in [-0.15, -0.1) is 0 Å². The summed E-state index contributed by atoms with van der Waals surface area (Å²) in [6, 6.07) is 0. The molecule has 0 nitrogen and oxygen atoms in total. The molecular formula is C10H19I. The minimum Gasteiger partial charge on any atom is -0.0883 e. The summed E-state index contributed by atoms with van der Waals surface area (Å²) in [5.74, 6) is 1.59. The number of allylic oxidation sites excluding steroid dienone is 2. The first-order chi connectivity index (χ1) is 5.16. The maximum absolute atomic E-state index is 2.45. The second-order valence-corrected chi connectivity index (χ2v) is 4.39. The molecule has 0 saturated carbocycles. The van der Waals surface area contributed by atoms with Crippen LogP contribution in [0.5, 0.6) is 0 Å². The third-order valence-corrected chi connectivity index (χ3v) is 3.11. The summed E-state index contributed by atoms with van der Waals surface area (Å²) in [6.07, 6.45) is 7.20. The Morgan fingerprint density at radius 2 is 1.91 bits per heavy atom. The fraction of sp³-hybridized carbons (Fsp3) is 0.800. The van der Waals surface area contributed by atoms with Crippen LogP contribution in [0.3, 0.4) is 0 Å². The van der Waals surface area contributed by atoms with Crippen LogP contribution in [0.4, 0.5) is 0 Å². The minimum absolute atomic E-state index is 0.713. The van der Waals surface area contributed by atoms with E-state index in [0.29, 0.717) is 5.92 Å². The molecule has 0 radical (unpaired) electrons. The monoisotopic (exact) mass is 266 g/mol. The van der Waals surface area contributed by atoms with E-state index in [1.165, 1.54) is 17.3 Å². The topological polar surface area (TPSA) is 0 Å². The van der Waals surface area contributed by atoms with Crippen molar-refractivity contribution < 1.29 is 0 Å². The van der Waals surface area contributed by atoms with Gasteiger partial charge in [-0.05, 0) is 24.7 Å². The lowest BCUT2D eigenvalue weighted by Gasteiger charge is -2.03. The van der Waals surface area contributed by atoms with Crippen molar-refractivity contribution in [3.8, 4) is 0 Å². The zero-order valence-electron chi connectivity index (χ0n) is 7.81. The van der Waals surface area contributed by atoms with E-state index >= 15 is 0 Å². The molecule has 0 aliphatic rings. The van der Waals surface area contributed by atoms with Crippen LogP contribution >= 0.6 is 22.6 Å². The van der Waals surface area contributed by atoms with Crippen molar-refractivity contribution in [3.63, 3.8) is 0 Å². The first-order valence-electron chi connectivity index (χ1n) is 4.39. The molecule has 11 heavy (non-hydrogen) atoms. The highest BCUT2D eigenvalue weighted by Crippen LogP contribution is 2.09. The zero-order chi connectivity index (χ0) is 8.69. The molecule has 0 aromatic rings. The van der Waals surface area contributed by atoms with Crippen LogP contribution < -0.4 is 0 Å². The Hall–Kier alpha value is 0.470. The Kier molecular flexibility index (Phi) is 7.44. The van der Waals surface area contributed by atoms with Gasteiger partial charge in [0.15, 0.2) is 0 Å². The van der Waals surface area contributed by atoms with Gasteiger partial charge in [0.25, 0.3) is 0 Å².